The Kier molecular flexibility index (Phi) is 5.52. The Morgan fingerprint density at radius 1 is 0.537 bits per heavy atom. The lowest BCUT2D eigenvalue weighted by Gasteiger charge is -2.16. The molecule has 7 N–H and O–H groups in total. The topological polar surface area (TPSA) is 202 Å². The highest BCUT2D eigenvalue weighted by molar-refractivity contribution is 6.05. The fraction of sp³-hybridized carbons (Fsp3) is 0. The second kappa shape index (κ2) is 8.99. The van der Waals surface area contributed by atoms with Crippen LogP contribution in [0.2, 0.25) is 0 Å². The molecule has 204 valence electrons. The van der Waals surface area contributed by atoms with Crippen molar-refractivity contribution in [2.75, 3.05) is 0 Å². The Bertz CT molecular complexity index is 2170. The quantitative estimate of drug-likeness (QED) is 0.148. The minimum Gasteiger partial charge on any atom is -0.508 e. The van der Waals surface area contributed by atoms with E-state index in [-0.39, 0.29) is 55.9 Å². The summed E-state index contributed by atoms with van der Waals surface area (Å²) in [6, 6.07) is 12.9. The van der Waals surface area contributed by atoms with Crippen LogP contribution in [0, 0.1) is 0 Å². The molecule has 11 nitrogen and oxygen atoms in total. The summed E-state index contributed by atoms with van der Waals surface area (Å²) in [7, 11) is 0. The third kappa shape index (κ3) is 4.00. The molecule has 0 saturated carbocycles. The molecule has 41 heavy (non-hydrogen) atoms. The van der Waals surface area contributed by atoms with Crippen molar-refractivity contribution in [1.29, 1.82) is 0 Å². The minimum atomic E-state index is -0.779. The van der Waals surface area contributed by atoms with E-state index in [1.165, 1.54) is 30.3 Å². The third-order valence-electron chi connectivity index (χ3n) is 6.61. The second-order valence-electron chi connectivity index (χ2n) is 9.18. The molecule has 0 unspecified atom stereocenters. The van der Waals surface area contributed by atoms with Gasteiger partial charge in [0.05, 0.1) is 10.9 Å². The third-order valence-corrected chi connectivity index (χ3v) is 6.61. The zero-order valence-corrected chi connectivity index (χ0v) is 20.6. The van der Waals surface area contributed by atoms with E-state index in [2.05, 4.69) is 0 Å². The molecule has 0 saturated heterocycles. The van der Waals surface area contributed by atoms with E-state index in [1.54, 1.807) is 0 Å². The van der Waals surface area contributed by atoms with Crippen LogP contribution in [0.15, 0.2) is 85.2 Å². The molecule has 0 radical (unpaired) electrons. The lowest BCUT2D eigenvalue weighted by atomic mass is 9.93. The lowest BCUT2D eigenvalue weighted by molar-refractivity contribution is 0.404. The van der Waals surface area contributed by atoms with Gasteiger partial charge in [-0.2, -0.15) is 0 Å². The monoisotopic (exact) mass is 554 g/mol. The molecule has 2 aromatic heterocycles. The molecule has 4 aromatic carbocycles. The molecule has 0 aliphatic rings. The first-order valence-electron chi connectivity index (χ1n) is 11.9. The zero-order chi connectivity index (χ0) is 29.2. The van der Waals surface area contributed by atoms with Crippen LogP contribution in [0.4, 0.5) is 0 Å². The van der Waals surface area contributed by atoms with E-state index in [0.29, 0.717) is 0 Å². The fourth-order valence-corrected chi connectivity index (χ4v) is 4.68. The van der Waals surface area contributed by atoms with Gasteiger partial charge in [0.15, 0.2) is 39.4 Å². The Morgan fingerprint density at radius 2 is 1.27 bits per heavy atom. The van der Waals surface area contributed by atoms with E-state index in [9.17, 15) is 45.3 Å². The van der Waals surface area contributed by atoms with Gasteiger partial charge in [0.25, 0.3) is 0 Å². The maximum Gasteiger partial charge on any atom is 0.197 e. The summed E-state index contributed by atoms with van der Waals surface area (Å²) in [6.07, 6.45) is 0. The van der Waals surface area contributed by atoms with E-state index < -0.39 is 50.9 Å². The Morgan fingerprint density at radius 3 is 2.02 bits per heavy atom. The summed E-state index contributed by atoms with van der Waals surface area (Å²) < 4.78 is 11.8. The van der Waals surface area contributed by atoms with Gasteiger partial charge in [0.1, 0.15) is 39.7 Å². The molecule has 11 heteroatoms. The highest BCUT2D eigenvalue weighted by Gasteiger charge is 2.27. The van der Waals surface area contributed by atoms with Crippen molar-refractivity contribution < 1.29 is 44.6 Å². The van der Waals surface area contributed by atoms with Gasteiger partial charge in [-0.3, -0.25) is 9.59 Å². The molecular formula is C30H18O11. The van der Waals surface area contributed by atoms with Gasteiger partial charge >= 0.3 is 0 Å². The number of hydrogen-bond acceptors (Lipinski definition) is 11. The van der Waals surface area contributed by atoms with Gasteiger partial charge < -0.3 is 44.6 Å². The van der Waals surface area contributed by atoms with Gasteiger partial charge in [0.2, 0.25) is 0 Å². The maximum absolute atomic E-state index is 13.2. The molecule has 0 fully saturated rings. The van der Waals surface area contributed by atoms with E-state index in [1.807, 2.05) is 0 Å². The summed E-state index contributed by atoms with van der Waals surface area (Å²) in [4.78, 5) is 26.0. The first kappa shape index (κ1) is 25.2. The number of phenols is 7. The summed E-state index contributed by atoms with van der Waals surface area (Å²) in [5.41, 5.74) is -2.21. The van der Waals surface area contributed by atoms with Gasteiger partial charge in [-0.1, -0.05) is 0 Å². The van der Waals surface area contributed by atoms with Crippen molar-refractivity contribution in [3.05, 3.63) is 87.2 Å². The van der Waals surface area contributed by atoms with Gasteiger partial charge in [-0.05, 0) is 42.5 Å². The molecule has 0 atom stereocenters. The number of rotatable bonds is 3. The van der Waals surface area contributed by atoms with Crippen LogP contribution in [0.5, 0.6) is 40.2 Å². The predicted octanol–water partition coefficient (Wildman–Crippen LogP) is 4.84. The maximum atomic E-state index is 13.2. The fourth-order valence-electron chi connectivity index (χ4n) is 4.68. The van der Waals surface area contributed by atoms with Crippen molar-refractivity contribution in [3.63, 3.8) is 0 Å². The van der Waals surface area contributed by atoms with Crippen LogP contribution >= 0.6 is 0 Å². The first-order valence-corrected chi connectivity index (χ1v) is 11.9. The van der Waals surface area contributed by atoms with E-state index >= 15 is 0 Å². The summed E-state index contributed by atoms with van der Waals surface area (Å²) >= 11 is 0. The number of fused-ring (bicyclic) bond motifs is 2. The van der Waals surface area contributed by atoms with E-state index in [0.717, 1.165) is 36.4 Å². The molecule has 6 rings (SSSR count). The highest BCUT2D eigenvalue weighted by Crippen LogP contribution is 2.50. The molecule has 0 amide bonds. The van der Waals surface area contributed by atoms with Gasteiger partial charge in [-0.25, -0.2) is 0 Å². The van der Waals surface area contributed by atoms with Crippen molar-refractivity contribution in [2.45, 2.75) is 0 Å². The Balaban J connectivity index is 1.72. The van der Waals surface area contributed by atoms with Gasteiger partial charge in [0, 0.05) is 41.0 Å². The number of phenolic OH excluding ortho intramolecular Hbond substituents is 7. The average Bonchev–Trinajstić information content (AvgIpc) is 2.91. The van der Waals surface area contributed by atoms with Crippen LogP contribution < -0.4 is 10.9 Å². The van der Waals surface area contributed by atoms with Crippen molar-refractivity contribution in [3.8, 4) is 74.0 Å². The Hall–Kier alpha value is -6.10. The molecule has 0 aliphatic heterocycles. The summed E-state index contributed by atoms with van der Waals surface area (Å²) in [6.45, 7) is 0. The van der Waals surface area contributed by atoms with Crippen molar-refractivity contribution in [1.82, 2.24) is 0 Å². The molecular weight excluding hydrogens is 536 g/mol. The minimum absolute atomic E-state index is 0.00626. The van der Waals surface area contributed by atoms with Crippen molar-refractivity contribution >= 4 is 21.9 Å². The molecule has 0 bridgehead atoms. The SMILES string of the molecule is O=c1cc(-c2ccc(O)c(O)c2-c2c(O)cc(O)c3c(=O)cc(-c4ccc(O)c(O)c4)oc23)oc2cc(O)ccc12. The molecule has 2 heterocycles. The van der Waals surface area contributed by atoms with Gasteiger partial charge in [-0.15, -0.1) is 0 Å². The second-order valence-corrected chi connectivity index (χ2v) is 9.18. The molecule has 0 spiro atoms. The van der Waals surface area contributed by atoms with Crippen LogP contribution in [-0.2, 0) is 0 Å². The number of hydrogen-bond donors (Lipinski definition) is 7. The molecule has 6 aromatic rings. The predicted molar refractivity (Wildman–Crippen MR) is 146 cm³/mol. The van der Waals surface area contributed by atoms with Crippen LogP contribution in [0.3, 0.4) is 0 Å². The lowest BCUT2D eigenvalue weighted by Crippen LogP contribution is -2.03. The smallest absolute Gasteiger partial charge is 0.197 e. The van der Waals surface area contributed by atoms with Crippen molar-refractivity contribution in [2.24, 2.45) is 0 Å². The molecule has 0 aliphatic carbocycles. The van der Waals surface area contributed by atoms with Crippen LogP contribution in [0.25, 0.3) is 55.7 Å². The standard InChI is InChI=1S/C30H18O11/c31-13-2-3-14-18(34)10-25(40-24(14)8-13)15-4-6-17(33)29(39)26(15)28-21(37)9-20(36)27-22(38)11-23(41-30(27)28)12-1-5-16(32)19(35)7-12/h1-11,31-33,35-37,39H. The highest BCUT2D eigenvalue weighted by atomic mass is 16.3. The van der Waals surface area contributed by atoms with E-state index in [4.69, 9.17) is 8.83 Å². The average molecular weight is 554 g/mol. The zero-order valence-electron chi connectivity index (χ0n) is 20.6. The van der Waals surface area contributed by atoms with Crippen LogP contribution in [-0.4, -0.2) is 35.7 Å². The Labute approximate surface area is 227 Å². The first-order chi connectivity index (χ1) is 19.5. The van der Waals surface area contributed by atoms with Crippen LogP contribution in [0.1, 0.15) is 0 Å². The summed E-state index contributed by atoms with van der Waals surface area (Å²) in [5, 5.41) is 72.3. The normalized spacial score (nSPS) is 11.3. The summed E-state index contributed by atoms with van der Waals surface area (Å²) in [5.74, 6) is -4.12. The largest absolute Gasteiger partial charge is 0.508 e. The number of aromatic hydroxyl groups is 7. The number of benzene rings is 4.